The first kappa shape index (κ1) is 20.6. The fraction of sp³-hybridized carbons (Fsp3) is 0.348. The molecule has 6 nitrogen and oxygen atoms in total. The van der Waals surface area contributed by atoms with Crippen LogP contribution in [-0.4, -0.2) is 24.3 Å². The van der Waals surface area contributed by atoms with Crippen LogP contribution < -0.4 is 21.1 Å². The molecule has 0 saturated heterocycles. The van der Waals surface area contributed by atoms with Gasteiger partial charge in [0.05, 0.1) is 24.0 Å². The number of nitrogens with one attached hydrogen (secondary N) is 2. The Kier molecular flexibility index (Phi) is 6.65. The summed E-state index contributed by atoms with van der Waals surface area (Å²) < 4.78 is 7.69. The minimum atomic E-state index is -0.191. The zero-order valence-corrected chi connectivity index (χ0v) is 17.4. The molecule has 6 heteroatoms. The third-order valence-electron chi connectivity index (χ3n) is 5.00. The number of nitrogens with zero attached hydrogens (tertiary/aromatic N) is 1. The number of methoxy groups -OCH3 is 1. The van der Waals surface area contributed by atoms with Crippen LogP contribution in [0.25, 0.3) is 22.2 Å². The van der Waals surface area contributed by atoms with Gasteiger partial charge in [-0.05, 0) is 37.1 Å². The Bertz CT molecular complexity index is 977. The predicted octanol–water partition coefficient (Wildman–Crippen LogP) is 5.23. The molecule has 0 atom stereocenters. The van der Waals surface area contributed by atoms with Crippen LogP contribution in [0.3, 0.4) is 0 Å². The molecule has 154 valence electrons. The summed E-state index contributed by atoms with van der Waals surface area (Å²) in [5, 5.41) is 6.69. The molecular weight excluding hydrogens is 364 g/mol. The number of amides is 2. The number of carbonyl (C=O) groups excluding carboxylic acids is 1. The molecule has 2 amide bonds. The van der Waals surface area contributed by atoms with Crippen LogP contribution >= 0.6 is 0 Å². The lowest BCUT2D eigenvalue weighted by Crippen LogP contribution is -2.29. The Hall–Kier alpha value is -3.15. The molecule has 1 heterocycles. The van der Waals surface area contributed by atoms with Crippen molar-refractivity contribution in [1.29, 1.82) is 0 Å². The molecule has 0 aliphatic heterocycles. The average Bonchev–Trinajstić information content (AvgIpc) is 3.02. The van der Waals surface area contributed by atoms with E-state index in [-0.39, 0.29) is 6.03 Å². The minimum absolute atomic E-state index is 0.191. The van der Waals surface area contributed by atoms with E-state index in [0.717, 1.165) is 65.1 Å². The van der Waals surface area contributed by atoms with E-state index in [1.807, 2.05) is 49.4 Å². The number of urea groups is 1. The highest BCUT2D eigenvalue weighted by Crippen LogP contribution is 2.38. The number of carbonyl (C=O) groups is 1. The van der Waals surface area contributed by atoms with Crippen molar-refractivity contribution in [1.82, 2.24) is 9.88 Å². The number of aryl methyl sites for hydroxylation is 1. The molecule has 3 rings (SSSR count). The van der Waals surface area contributed by atoms with E-state index in [2.05, 4.69) is 22.1 Å². The minimum Gasteiger partial charge on any atom is -0.497 e. The number of nitrogen functional groups attached to an aromatic ring is 1. The van der Waals surface area contributed by atoms with Gasteiger partial charge in [0, 0.05) is 35.8 Å². The maximum Gasteiger partial charge on any atom is 0.319 e. The van der Waals surface area contributed by atoms with Crippen LogP contribution in [0.15, 0.2) is 42.5 Å². The third kappa shape index (κ3) is 4.47. The van der Waals surface area contributed by atoms with Gasteiger partial charge in [0.2, 0.25) is 0 Å². The molecule has 4 N–H and O–H groups in total. The van der Waals surface area contributed by atoms with Gasteiger partial charge in [-0.15, -0.1) is 0 Å². The number of unbranched alkanes of at least 4 members (excludes halogenated alkanes) is 1. The number of hydrogen-bond donors (Lipinski definition) is 3. The van der Waals surface area contributed by atoms with Gasteiger partial charge in [-0.25, -0.2) is 4.79 Å². The number of fused-ring (bicyclic) bond motifs is 1. The van der Waals surface area contributed by atoms with Crippen molar-refractivity contribution in [3.63, 3.8) is 0 Å². The molecule has 0 aliphatic carbocycles. The first-order valence-electron chi connectivity index (χ1n) is 10.2. The van der Waals surface area contributed by atoms with Gasteiger partial charge < -0.3 is 25.7 Å². The zero-order chi connectivity index (χ0) is 20.8. The molecule has 0 saturated carbocycles. The van der Waals surface area contributed by atoms with Crippen LogP contribution in [0.1, 0.15) is 33.1 Å². The summed E-state index contributed by atoms with van der Waals surface area (Å²) in [5.74, 6) is 0.817. The molecule has 0 unspecified atom stereocenters. The number of rotatable bonds is 8. The largest absolute Gasteiger partial charge is 0.497 e. The Morgan fingerprint density at radius 1 is 1.10 bits per heavy atom. The fourth-order valence-corrected chi connectivity index (χ4v) is 3.47. The summed E-state index contributed by atoms with van der Waals surface area (Å²) >= 11 is 0. The maximum atomic E-state index is 11.9. The van der Waals surface area contributed by atoms with Crippen LogP contribution in [0.4, 0.5) is 16.2 Å². The summed E-state index contributed by atoms with van der Waals surface area (Å²) in [5.41, 5.74) is 11.2. The molecule has 2 aromatic carbocycles. The van der Waals surface area contributed by atoms with E-state index in [4.69, 9.17) is 10.5 Å². The monoisotopic (exact) mass is 394 g/mol. The smallest absolute Gasteiger partial charge is 0.319 e. The second-order valence-corrected chi connectivity index (χ2v) is 7.11. The summed E-state index contributed by atoms with van der Waals surface area (Å²) in [6, 6.07) is 13.6. The van der Waals surface area contributed by atoms with Gasteiger partial charge in [-0.2, -0.15) is 0 Å². The SMILES string of the molecule is CCCCn1c(-c2ccc(NC(=O)NCCC)cc2)c(N)c2ccc(OC)cc21. The predicted molar refractivity (Wildman–Crippen MR) is 121 cm³/mol. The second-order valence-electron chi connectivity index (χ2n) is 7.11. The molecule has 29 heavy (non-hydrogen) atoms. The molecule has 0 fully saturated rings. The van der Waals surface area contributed by atoms with Crippen LogP contribution in [0.2, 0.25) is 0 Å². The lowest BCUT2D eigenvalue weighted by molar-refractivity contribution is 0.252. The van der Waals surface area contributed by atoms with Crippen LogP contribution in [0, 0.1) is 0 Å². The van der Waals surface area contributed by atoms with Crippen molar-refractivity contribution in [3.8, 4) is 17.0 Å². The zero-order valence-electron chi connectivity index (χ0n) is 17.4. The van der Waals surface area contributed by atoms with Gasteiger partial charge in [0.25, 0.3) is 0 Å². The highest BCUT2D eigenvalue weighted by Gasteiger charge is 2.17. The molecule has 0 spiro atoms. The molecule has 0 aliphatic rings. The van der Waals surface area contributed by atoms with E-state index in [1.165, 1.54) is 0 Å². The second kappa shape index (κ2) is 9.37. The van der Waals surface area contributed by atoms with E-state index in [0.29, 0.717) is 6.54 Å². The van der Waals surface area contributed by atoms with Crippen molar-refractivity contribution in [2.45, 2.75) is 39.7 Å². The highest BCUT2D eigenvalue weighted by atomic mass is 16.5. The van der Waals surface area contributed by atoms with Gasteiger partial charge in [0.15, 0.2) is 0 Å². The van der Waals surface area contributed by atoms with Gasteiger partial charge in [-0.3, -0.25) is 0 Å². The van der Waals surface area contributed by atoms with Gasteiger partial charge >= 0.3 is 6.03 Å². The van der Waals surface area contributed by atoms with Crippen molar-refractivity contribution in [3.05, 3.63) is 42.5 Å². The Balaban J connectivity index is 1.97. The summed E-state index contributed by atoms with van der Waals surface area (Å²) in [4.78, 5) is 11.9. The summed E-state index contributed by atoms with van der Waals surface area (Å²) in [7, 11) is 1.67. The quantitative estimate of drug-likeness (QED) is 0.489. The molecule has 3 aromatic rings. The number of aromatic nitrogens is 1. The van der Waals surface area contributed by atoms with E-state index in [1.54, 1.807) is 7.11 Å². The van der Waals surface area contributed by atoms with E-state index in [9.17, 15) is 4.79 Å². The normalized spacial score (nSPS) is 10.9. The number of anilines is 2. The Labute approximate surface area is 172 Å². The van der Waals surface area contributed by atoms with Crippen LogP contribution in [0.5, 0.6) is 5.75 Å². The Morgan fingerprint density at radius 3 is 2.52 bits per heavy atom. The van der Waals surface area contributed by atoms with Crippen molar-refractivity contribution >= 4 is 28.3 Å². The lowest BCUT2D eigenvalue weighted by atomic mass is 10.1. The highest BCUT2D eigenvalue weighted by molar-refractivity contribution is 6.01. The van der Waals surface area contributed by atoms with E-state index >= 15 is 0 Å². The van der Waals surface area contributed by atoms with Gasteiger partial charge in [0.1, 0.15) is 5.75 Å². The standard InChI is InChI=1S/C23H30N4O2/c1-4-6-14-27-20-15-18(29-3)11-12-19(20)21(24)22(27)16-7-9-17(10-8-16)26-23(28)25-13-5-2/h7-12,15H,4-6,13-14,24H2,1-3H3,(H2,25,26,28). The Morgan fingerprint density at radius 2 is 1.86 bits per heavy atom. The number of nitrogens with two attached hydrogens (primary N) is 1. The lowest BCUT2D eigenvalue weighted by Gasteiger charge is -2.12. The van der Waals surface area contributed by atoms with Crippen molar-refractivity contribution < 1.29 is 9.53 Å². The number of hydrogen-bond acceptors (Lipinski definition) is 3. The number of ether oxygens (including phenoxy) is 1. The van der Waals surface area contributed by atoms with Gasteiger partial charge in [-0.1, -0.05) is 32.4 Å². The summed E-state index contributed by atoms with van der Waals surface area (Å²) in [6.45, 7) is 5.74. The number of benzene rings is 2. The summed E-state index contributed by atoms with van der Waals surface area (Å²) in [6.07, 6.45) is 3.06. The first-order chi connectivity index (χ1) is 14.1. The molecule has 1 aromatic heterocycles. The average molecular weight is 395 g/mol. The molecular formula is C23H30N4O2. The van der Waals surface area contributed by atoms with E-state index < -0.39 is 0 Å². The maximum absolute atomic E-state index is 11.9. The topological polar surface area (TPSA) is 81.3 Å². The van der Waals surface area contributed by atoms with Crippen molar-refractivity contribution in [2.24, 2.45) is 0 Å². The van der Waals surface area contributed by atoms with Crippen LogP contribution in [-0.2, 0) is 6.54 Å². The third-order valence-corrected chi connectivity index (χ3v) is 5.00. The molecule has 0 bridgehead atoms. The first-order valence-corrected chi connectivity index (χ1v) is 10.2. The molecule has 0 radical (unpaired) electrons. The van der Waals surface area contributed by atoms with Crippen molar-refractivity contribution in [2.75, 3.05) is 24.7 Å². The fourth-order valence-electron chi connectivity index (χ4n) is 3.47.